The third-order valence-electron chi connectivity index (χ3n) is 5.54. The van der Waals surface area contributed by atoms with Crippen molar-refractivity contribution >= 4 is 40.0 Å². The number of imide groups is 1. The average molecular weight is 435 g/mol. The SMILES string of the molecule is O=C(COC(=O)c1ccc2c(c1)C(=O)N(c1ccc3ccccc3c1)C2=O)c1ccccc1. The van der Waals surface area contributed by atoms with E-state index in [2.05, 4.69) is 0 Å². The van der Waals surface area contributed by atoms with Crippen molar-refractivity contribution in [3.63, 3.8) is 0 Å². The van der Waals surface area contributed by atoms with Gasteiger partial charge in [0, 0.05) is 5.56 Å². The zero-order chi connectivity index (χ0) is 22.9. The fourth-order valence-corrected chi connectivity index (χ4v) is 3.84. The molecule has 0 radical (unpaired) electrons. The average Bonchev–Trinajstić information content (AvgIpc) is 3.11. The molecule has 6 nitrogen and oxygen atoms in total. The first-order valence-corrected chi connectivity index (χ1v) is 10.3. The van der Waals surface area contributed by atoms with E-state index in [0.29, 0.717) is 11.3 Å². The molecule has 1 aliphatic heterocycles. The lowest BCUT2D eigenvalue weighted by atomic mass is 10.1. The molecule has 6 heteroatoms. The van der Waals surface area contributed by atoms with Crippen LogP contribution in [0.5, 0.6) is 0 Å². The number of anilines is 1. The highest BCUT2D eigenvalue weighted by atomic mass is 16.5. The van der Waals surface area contributed by atoms with Gasteiger partial charge in [-0.1, -0.05) is 60.7 Å². The Morgan fingerprint density at radius 2 is 1.36 bits per heavy atom. The predicted octanol–water partition coefficient (Wildman–Crippen LogP) is 4.68. The fraction of sp³-hybridized carbons (Fsp3) is 0.0370. The largest absolute Gasteiger partial charge is 0.454 e. The molecule has 0 saturated heterocycles. The number of ketones is 1. The molecule has 33 heavy (non-hydrogen) atoms. The Hall–Kier alpha value is -4.58. The molecule has 5 rings (SSSR count). The van der Waals surface area contributed by atoms with Crippen LogP contribution >= 0.6 is 0 Å². The molecule has 0 saturated carbocycles. The molecule has 0 atom stereocenters. The number of carbonyl (C=O) groups is 4. The summed E-state index contributed by atoms with van der Waals surface area (Å²) < 4.78 is 5.13. The minimum atomic E-state index is -0.744. The molecule has 0 unspecified atom stereocenters. The van der Waals surface area contributed by atoms with Gasteiger partial charge in [-0.2, -0.15) is 0 Å². The summed E-state index contributed by atoms with van der Waals surface area (Å²) in [5.74, 6) is -2.05. The third kappa shape index (κ3) is 3.68. The lowest BCUT2D eigenvalue weighted by Gasteiger charge is -2.14. The Morgan fingerprint density at radius 3 is 2.15 bits per heavy atom. The van der Waals surface area contributed by atoms with E-state index >= 15 is 0 Å². The van der Waals surface area contributed by atoms with E-state index in [4.69, 9.17) is 4.74 Å². The molecular weight excluding hydrogens is 418 g/mol. The van der Waals surface area contributed by atoms with Crippen LogP contribution in [0.2, 0.25) is 0 Å². The van der Waals surface area contributed by atoms with Gasteiger partial charge in [-0.3, -0.25) is 14.4 Å². The molecule has 0 fully saturated rings. The molecule has 4 aromatic carbocycles. The van der Waals surface area contributed by atoms with E-state index in [-0.39, 0.29) is 22.5 Å². The summed E-state index contributed by atoms with van der Waals surface area (Å²) in [5.41, 5.74) is 1.32. The maximum absolute atomic E-state index is 13.1. The number of carbonyl (C=O) groups excluding carboxylic acids is 4. The van der Waals surface area contributed by atoms with E-state index < -0.39 is 24.4 Å². The quantitative estimate of drug-likeness (QED) is 0.258. The molecule has 4 aromatic rings. The number of hydrogen-bond donors (Lipinski definition) is 0. The summed E-state index contributed by atoms with van der Waals surface area (Å²) in [6.07, 6.45) is 0. The molecule has 1 heterocycles. The molecule has 0 aromatic heterocycles. The minimum Gasteiger partial charge on any atom is -0.454 e. The number of amides is 2. The van der Waals surface area contributed by atoms with Crippen LogP contribution in [0.1, 0.15) is 41.4 Å². The zero-order valence-corrected chi connectivity index (χ0v) is 17.4. The number of fused-ring (bicyclic) bond motifs is 2. The van der Waals surface area contributed by atoms with E-state index in [9.17, 15) is 19.2 Å². The van der Waals surface area contributed by atoms with Crippen molar-refractivity contribution < 1.29 is 23.9 Å². The summed E-state index contributed by atoms with van der Waals surface area (Å²) >= 11 is 0. The fourth-order valence-electron chi connectivity index (χ4n) is 3.84. The number of nitrogens with zero attached hydrogens (tertiary/aromatic N) is 1. The van der Waals surface area contributed by atoms with Gasteiger partial charge in [0.25, 0.3) is 11.8 Å². The van der Waals surface area contributed by atoms with Crippen LogP contribution in [-0.2, 0) is 4.74 Å². The number of Topliss-reactive ketones (excluding diaryl/α,β-unsaturated/α-hetero) is 1. The molecule has 0 aliphatic carbocycles. The van der Waals surface area contributed by atoms with Gasteiger partial charge in [0.15, 0.2) is 12.4 Å². The molecule has 0 bridgehead atoms. The predicted molar refractivity (Wildman–Crippen MR) is 123 cm³/mol. The second kappa shape index (κ2) is 8.16. The highest BCUT2D eigenvalue weighted by molar-refractivity contribution is 6.35. The van der Waals surface area contributed by atoms with Crippen molar-refractivity contribution in [3.8, 4) is 0 Å². The lowest BCUT2D eigenvalue weighted by Crippen LogP contribution is -2.29. The minimum absolute atomic E-state index is 0.0936. The zero-order valence-electron chi connectivity index (χ0n) is 17.4. The molecule has 2 amide bonds. The van der Waals surface area contributed by atoms with Gasteiger partial charge in [0.1, 0.15) is 0 Å². The second-order valence-corrected chi connectivity index (χ2v) is 7.60. The van der Waals surface area contributed by atoms with Crippen molar-refractivity contribution in [2.24, 2.45) is 0 Å². The molecule has 0 N–H and O–H groups in total. The van der Waals surface area contributed by atoms with Crippen molar-refractivity contribution in [1.29, 1.82) is 0 Å². The van der Waals surface area contributed by atoms with Crippen LogP contribution in [0.25, 0.3) is 10.8 Å². The molecule has 1 aliphatic rings. The Morgan fingerprint density at radius 1 is 0.667 bits per heavy atom. The lowest BCUT2D eigenvalue weighted by molar-refractivity contribution is 0.0474. The van der Waals surface area contributed by atoms with Gasteiger partial charge in [-0.15, -0.1) is 0 Å². The van der Waals surface area contributed by atoms with Gasteiger partial charge < -0.3 is 4.74 Å². The van der Waals surface area contributed by atoms with Crippen LogP contribution in [0.3, 0.4) is 0 Å². The summed E-state index contributed by atoms with van der Waals surface area (Å²) in [4.78, 5) is 51.8. The maximum atomic E-state index is 13.1. The summed E-state index contributed by atoms with van der Waals surface area (Å²) in [5, 5.41) is 1.90. The highest BCUT2D eigenvalue weighted by Crippen LogP contribution is 2.31. The van der Waals surface area contributed by atoms with Crippen LogP contribution < -0.4 is 4.90 Å². The maximum Gasteiger partial charge on any atom is 0.338 e. The molecular formula is C27H17NO5. The van der Waals surface area contributed by atoms with Crippen molar-refractivity contribution in [2.45, 2.75) is 0 Å². The second-order valence-electron chi connectivity index (χ2n) is 7.60. The number of esters is 1. The van der Waals surface area contributed by atoms with Gasteiger partial charge in [0.2, 0.25) is 0 Å². The van der Waals surface area contributed by atoms with E-state index in [1.54, 1.807) is 42.5 Å². The van der Waals surface area contributed by atoms with Crippen LogP contribution in [0.4, 0.5) is 5.69 Å². The van der Waals surface area contributed by atoms with Crippen LogP contribution in [0.15, 0.2) is 91.0 Å². The Kier molecular flexibility index (Phi) is 5.03. The summed E-state index contributed by atoms with van der Waals surface area (Å²) in [6, 6.07) is 25.7. The number of benzene rings is 4. The van der Waals surface area contributed by atoms with Crippen LogP contribution in [0, 0.1) is 0 Å². The Labute approximate surface area is 189 Å². The normalized spacial score (nSPS) is 12.7. The van der Waals surface area contributed by atoms with Crippen molar-refractivity contribution in [3.05, 3.63) is 113 Å². The highest BCUT2D eigenvalue weighted by Gasteiger charge is 2.37. The smallest absolute Gasteiger partial charge is 0.338 e. The molecule has 160 valence electrons. The van der Waals surface area contributed by atoms with Gasteiger partial charge in [-0.25, -0.2) is 9.69 Å². The summed E-state index contributed by atoms with van der Waals surface area (Å²) in [6.45, 7) is -0.421. The first-order valence-electron chi connectivity index (χ1n) is 10.3. The van der Waals surface area contributed by atoms with Gasteiger partial charge >= 0.3 is 5.97 Å². The monoisotopic (exact) mass is 435 g/mol. The number of ether oxygens (including phenoxy) is 1. The van der Waals surface area contributed by atoms with E-state index in [0.717, 1.165) is 15.7 Å². The van der Waals surface area contributed by atoms with Crippen molar-refractivity contribution in [1.82, 2.24) is 0 Å². The van der Waals surface area contributed by atoms with Gasteiger partial charge in [0.05, 0.1) is 22.4 Å². The third-order valence-corrected chi connectivity index (χ3v) is 5.54. The summed E-state index contributed by atoms with van der Waals surface area (Å²) in [7, 11) is 0. The number of hydrogen-bond acceptors (Lipinski definition) is 5. The first kappa shape index (κ1) is 20.3. The topological polar surface area (TPSA) is 80.8 Å². The van der Waals surface area contributed by atoms with Gasteiger partial charge in [-0.05, 0) is 41.1 Å². The molecule has 0 spiro atoms. The Balaban J connectivity index is 1.37. The van der Waals surface area contributed by atoms with Crippen molar-refractivity contribution in [2.75, 3.05) is 11.5 Å². The van der Waals surface area contributed by atoms with E-state index in [1.807, 2.05) is 30.3 Å². The number of rotatable bonds is 5. The first-order chi connectivity index (χ1) is 16.0. The van der Waals surface area contributed by atoms with Crippen LogP contribution in [-0.4, -0.2) is 30.2 Å². The Bertz CT molecular complexity index is 1440. The standard InChI is InChI=1S/C27H17NO5/c29-24(18-7-2-1-3-8-18)16-33-27(32)20-11-13-22-23(15-20)26(31)28(25(22)30)21-12-10-17-6-4-5-9-19(17)14-21/h1-15H,16H2. The van der Waals surface area contributed by atoms with E-state index in [1.165, 1.54) is 18.2 Å².